The topological polar surface area (TPSA) is 88.7 Å². The Kier molecular flexibility index (Phi) is 8.52. The molecule has 1 unspecified atom stereocenters. The van der Waals surface area contributed by atoms with Crippen molar-refractivity contribution in [3.8, 4) is 5.75 Å². The molecule has 0 heterocycles. The maximum Gasteiger partial charge on any atom is 0.248 e. The number of ether oxygens (including phenoxy) is 1. The van der Waals surface area contributed by atoms with E-state index in [0.29, 0.717) is 24.6 Å². The molecule has 2 aromatic carbocycles. The van der Waals surface area contributed by atoms with Crippen molar-refractivity contribution in [1.82, 2.24) is 10.6 Å². The van der Waals surface area contributed by atoms with Crippen molar-refractivity contribution in [2.75, 3.05) is 6.54 Å². The molecule has 0 spiro atoms. The number of rotatable bonds is 9. The molecule has 0 aliphatic heterocycles. The normalized spacial score (nSPS) is 12.3. The average molecular weight is 397 g/mol. The summed E-state index contributed by atoms with van der Waals surface area (Å²) in [4.78, 5) is 16.0. The largest absolute Gasteiger partial charge is 0.490 e. The van der Waals surface area contributed by atoms with E-state index >= 15 is 0 Å². The molecule has 0 fully saturated rings. The molecular weight excluding hydrogens is 364 g/mol. The van der Waals surface area contributed by atoms with E-state index < -0.39 is 5.91 Å². The van der Waals surface area contributed by atoms with Gasteiger partial charge in [-0.3, -0.25) is 4.79 Å². The molecule has 2 rings (SSSR count). The van der Waals surface area contributed by atoms with Crippen LogP contribution in [-0.2, 0) is 13.1 Å². The lowest BCUT2D eigenvalue weighted by molar-refractivity contribution is 0.1000. The van der Waals surface area contributed by atoms with E-state index in [1.54, 1.807) is 12.1 Å². The number of hydrogen-bond acceptors (Lipinski definition) is 3. The number of guanidine groups is 1. The summed E-state index contributed by atoms with van der Waals surface area (Å²) < 4.78 is 6.09. The molecule has 0 bridgehead atoms. The monoisotopic (exact) mass is 396 g/mol. The SMILES string of the molecule is CCNC(=NCc1cccc(C(N)=O)c1)NCc1ccc(C)cc1OC(C)CC. The van der Waals surface area contributed by atoms with Crippen LogP contribution in [0.3, 0.4) is 0 Å². The first-order chi connectivity index (χ1) is 13.9. The number of carbonyl (C=O) groups excluding carboxylic acids is 1. The second-order valence-corrected chi connectivity index (χ2v) is 7.06. The predicted octanol–water partition coefficient (Wildman–Crippen LogP) is 3.53. The summed E-state index contributed by atoms with van der Waals surface area (Å²) in [7, 11) is 0. The lowest BCUT2D eigenvalue weighted by Crippen LogP contribution is -2.37. The van der Waals surface area contributed by atoms with E-state index in [9.17, 15) is 4.79 Å². The quantitative estimate of drug-likeness (QED) is 0.447. The first-order valence-electron chi connectivity index (χ1n) is 10.1. The summed E-state index contributed by atoms with van der Waals surface area (Å²) in [6, 6.07) is 13.5. The summed E-state index contributed by atoms with van der Waals surface area (Å²) in [5.41, 5.74) is 9.02. The van der Waals surface area contributed by atoms with Gasteiger partial charge in [-0.15, -0.1) is 0 Å². The van der Waals surface area contributed by atoms with E-state index in [-0.39, 0.29) is 6.10 Å². The van der Waals surface area contributed by atoms with Crippen LogP contribution in [0, 0.1) is 6.92 Å². The van der Waals surface area contributed by atoms with E-state index in [1.165, 1.54) is 5.56 Å². The molecule has 6 heteroatoms. The second-order valence-electron chi connectivity index (χ2n) is 7.06. The molecule has 1 amide bonds. The van der Waals surface area contributed by atoms with Crippen LogP contribution in [0.1, 0.15) is 54.2 Å². The zero-order chi connectivity index (χ0) is 21.2. The van der Waals surface area contributed by atoms with Crippen molar-refractivity contribution in [1.29, 1.82) is 0 Å². The molecule has 0 aliphatic rings. The number of hydrogen-bond donors (Lipinski definition) is 3. The number of nitrogens with zero attached hydrogens (tertiary/aromatic N) is 1. The Hall–Kier alpha value is -3.02. The molecule has 6 nitrogen and oxygen atoms in total. The lowest BCUT2D eigenvalue weighted by atomic mass is 10.1. The van der Waals surface area contributed by atoms with Crippen molar-refractivity contribution in [3.05, 3.63) is 64.7 Å². The summed E-state index contributed by atoms with van der Waals surface area (Å²) in [6.07, 6.45) is 1.12. The first kappa shape index (κ1) is 22.3. The van der Waals surface area contributed by atoms with Crippen molar-refractivity contribution in [2.45, 2.75) is 53.3 Å². The molecule has 0 saturated heterocycles. The maximum atomic E-state index is 11.4. The third-order valence-electron chi connectivity index (χ3n) is 4.55. The number of carbonyl (C=O) groups is 1. The van der Waals surface area contributed by atoms with Gasteiger partial charge in [-0.2, -0.15) is 0 Å². The smallest absolute Gasteiger partial charge is 0.248 e. The number of aliphatic imine (C=N–C) groups is 1. The second kappa shape index (κ2) is 11.1. The highest BCUT2D eigenvalue weighted by molar-refractivity contribution is 5.92. The van der Waals surface area contributed by atoms with Gasteiger partial charge in [0.05, 0.1) is 12.6 Å². The zero-order valence-electron chi connectivity index (χ0n) is 17.8. The number of nitrogens with one attached hydrogen (secondary N) is 2. The maximum absolute atomic E-state index is 11.4. The van der Waals surface area contributed by atoms with Gasteiger partial charge < -0.3 is 21.1 Å². The molecule has 0 aliphatic carbocycles. The molecule has 1 atom stereocenters. The third-order valence-corrected chi connectivity index (χ3v) is 4.55. The zero-order valence-corrected chi connectivity index (χ0v) is 17.8. The van der Waals surface area contributed by atoms with Gasteiger partial charge in [0.1, 0.15) is 5.75 Å². The van der Waals surface area contributed by atoms with E-state index in [0.717, 1.165) is 29.8 Å². The van der Waals surface area contributed by atoms with Crippen LogP contribution in [0.15, 0.2) is 47.5 Å². The Labute approximate surface area is 173 Å². The van der Waals surface area contributed by atoms with Crippen LogP contribution in [0.4, 0.5) is 0 Å². The van der Waals surface area contributed by atoms with Gasteiger partial charge >= 0.3 is 0 Å². The van der Waals surface area contributed by atoms with E-state index in [1.807, 2.05) is 19.1 Å². The molecular formula is C23H32N4O2. The van der Waals surface area contributed by atoms with Crippen molar-refractivity contribution < 1.29 is 9.53 Å². The molecule has 0 aromatic heterocycles. The standard InChI is InChI=1S/C23H32N4O2/c1-5-17(4)29-21-12-16(3)10-11-20(21)15-27-23(25-6-2)26-14-18-8-7-9-19(13-18)22(24)28/h7-13,17H,5-6,14-15H2,1-4H3,(H2,24,28)(H2,25,26,27). The fraction of sp³-hybridized carbons (Fsp3) is 0.391. The minimum Gasteiger partial charge on any atom is -0.490 e. The van der Waals surface area contributed by atoms with E-state index in [2.05, 4.69) is 54.6 Å². The highest BCUT2D eigenvalue weighted by Gasteiger charge is 2.09. The van der Waals surface area contributed by atoms with Gasteiger partial charge in [-0.1, -0.05) is 31.2 Å². The fourth-order valence-electron chi connectivity index (χ4n) is 2.73. The molecule has 0 saturated carbocycles. The third kappa shape index (κ3) is 7.14. The Morgan fingerprint density at radius 1 is 1.17 bits per heavy atom. The van der Waals surface area contributed by atoms with Crippen LogP contribution in [-0.4, -0.2) is 24.5 Å². The fourth-order valence-corrected chi connectivity index (χ4v) is 2.73. The Morgan fingerprint density at radius 3 is 2.66 bits per heavy atom. The van der Waals surface area contributed by atoms with Crippen LogP contribution in [0.2, 0.25) is 0 Å². The number of aryl methyl sites for hydroxylation is 1. The highest BCUT2D eigenvalue weighted by Crippen LogP contribution is 2.22. The first-order valence-corrected chi connectivity index (χ1v) is 10.1. The minimum atomic E-state index is -0.436. The van der Waals surface area contributed by atoms with Crippen LogP contribution in [0.5, 0.6) is 5.75 Å². The molecule has 0 radical (unpaired) electrons. The number of nitrogens with two attached hydrogens (primary N) is 1. The summed E-state index contributed by atoms with van der Waals surface area (Å²) >= 11 is 0. The Balaban J connectivity index is 2.10. The highest BCUT2D eigenvalue weighted by atomic mass is 16.5. The van der Waals surface area contributed by atoms with Crippen molar-refractivity contribution in [2.24, 2.45) is 10.7 Å². The van der Waals surface area contributed by atoms with Crippen LogP contribution in [0.25, 0.3) is 0 Å². The summed E-state index contributed by atoms with van der Waals surface area (Å²) in [5, 5.41) is 6.61. The molecule has 4 N–H and O–H groups in total. The average Bonchev–Trinajstić information content (AvgIpc) is 2.71. The van der Waals surface area contributed by atoms with Gasteiger partial charge in [0.25, 0.3) is 0 Å². The van der Waals surface area contributed by atoms with Crippen LogP contribution >= 0.6 is 0 Å². The Morgan fingerprint density at radius 2 is 1.97 bits per heavy atom. The van der Waals surface area contributed by atoms with Crippen molar-refractivity contribution in [3.63, 3.8) is 0 Å². The van der Waals surface area contributed by atoms with Crippen molar-refractivity contribution >= 4 is 11.9 Å². The van der Waals surface area contributed by atoms with Gasteiger partial charge in [0.2, 0.25) is 5.91 Å². The number of primary amides is 1. The summed E-state index contributed by atoms with van der Waals surface area (Å²) in [6.45, 7) is 10.1. The Bertz CT molecular complexity index is 849. The van der Waals surface area contributed by atoms with Gasteiger partial charge in [0, 0.05) is 24.2 Å². The van der Waals surface area contributed by atoms with Gasteiger partial charge in [-0.25, -0.2) is 4.99 Å². The number of amides is 1. The van der Waals surface area contributed by atoms with E-state index in [4.69, 9.17) is 10.5 Å². The number of benzene rings is 2. The van der Waals surface area contributed by atoms with Gasteiger partial charge in [-0.05, 0) is 56.5 Å². The summed E-state index contributed by atoms with van der Waals surface area (Å²) in [5.74, 6) is 1.16. The molecule has 29 heavy (non-hydrogen) atoms. The van der Waals surface area contributed by atoms with Crippen LogP contribution < -0.4 is 21.1 Å². The molecule has 156 valence electrons. The van der Waals surface area contributed by atoms with Gasteiger partial charge in [0.15, 0.2) is 5.96 Å². The predicted molar refractivity (Wildman–Crippen MR) is 118 cm³/mol. The lowest BCUT2D eigenvalue weighted by Gasteiger charge is -2.18. The molecule has 2 aromatic rings. The minimum absolute atomic E-state index is 0.162.